The molecule has 0 fully saturated rings. The van der Waals surface area contributed by atoms with Crippen molar-refractivity contribution in [3.63, 3.8) is 0 Å². The zero-order valence-corrected chi connectivity index (χ0v) is 16.5. The lowest BCUT2D eigenvalue weighted by atomic mass is 10.0. The average Bonchev–Trinajstić information content (AvgIpc) is 2.66. The number of rotatable bonds is 8. The Hall–Kier alpha value is -2.53. The molecule has 1 unspecified atom stereocenters. The van der Waals surface area contributed by atoms with E-state index in [0.717, 1.165) is 16.9 Å². The molecule has 0 aliphatic carbocycles. The van der Waals surface area contributed by atoms with Gasteiger partial charge in [-0.05, 0) is 41.3 Å². The Bertz CT molecular complexity index is 758. The van der Waals surface area contributed by atoms with Gasteiger partial charge in [0.2, 0.25) is 11.8 Å². The first-order valence-corrected chi connectivity index (χ1v) is 9.21. The molecule has 2 N–H and O–H groups in total. The van der Waals surface area contributed by atoms with E-state index in [1.54, 1.807) is 31.4 Å². The van der Waals surface area contributed by atoms with Crippen LogP contribution in [0.15, 0.2) is 48.5 Å². The zero-order chi connectivity index (χ0) is 19.8. The highest BCUT2D eigenvalue weighted by molar-refractivity contribution is 6.30. The SMILES string of the molecule is COc1ccc(CNC(=O)C(NC(=O)Cc2ccc(Cl)cc2)C(C)C)cc1. The molecule has 0 aliphatic rings. The third-order valence-corrected chi connectivity index (χ3v) is 4.42. The van der Waals surface area contributed by atoms with Gasteiger partial charge >= 0.3 is 0 Å². The number of ether oxygens (including phenoxy) is 1. The fourth-order valence-corrected chi connectivity index (χ4v) is 2.72. The van der Waals surface area contributed by atoms with Crippen molar-refractivity contribution >= 4 is 23.4 Å². The van der Waals surface area contributed by atoms with Gasteiger partial charge in [0.25, 0.3) is 0 Å². The lowest BCUT2D eigenvalue weighted by Gasteiger charge is -2.22. The van der Waals surface area contributed by atoms with Crippen LogP contribution in [-0.2, 0) is 22.6 Å². The third-order valence-electron chi connectivity index (χ3n) is 4.17. The van der Waals surface area contributed by atoms with Gasteiger partial charge in [0.05, 0.1) is 13.5 Å². The number of carbonyl (C=O) groups is 2. The Balaban J connectivity index is 1.91. The quantitative estimate of drug-likeness (QED) is 0.728. The molecule has 6 heteroatoms. The van der Waals surface area contributed by atoms with Crippen LogP contribution in [0.2, 0.25) is 5.02 Å². The Morgan fingerprint density at radius 1 is 1.00 bits per heavy atom. The summed E-state index contributed by atoms with van der Waals surface area (Å²) in [6, 6.07) is 14.0. The zero-order valence-electron chi connectivity index (χ0n) is 15.8. The summed E-state index contributed by atoms with van der Waals surface area (Å²) in [4.78, 5) is 24.9. The van der Waals surface area contributed by atoms with Crippen molar-refractivity contribution < 1.29 is 14.3 Å². The van der Waals surface area contributed by atoms with Crippen molar-refractivity contribution in [2.45, 2.75) is 32.9 Å². The molecule has 0 aromatic heterocycles. The van der Waals surface area contributed by atoms with E-state index in [-0.39, 0.29) is 24.2 Å². The van der Waals surface area contributed by atoms with Gasteiger partial charge < -0.3 is 15.4 Å². The number of carbonyl (C=O) groups excluding carboxylic acids is 2. The summed E-state index contributed by atoms with van der Waals surface area (Å²) in [6.45, 7) is 4.19. The molecular weight excluding hydrogens is 364 g/mol. The van der Waals surface area contributed by atoms with E-state index >= 15 is 0 Å². The molecule has 5 nitrogen and oxygen atoms in total. The maximum Gasteiger partial charge on any atom is 0.243 e. The number of hydrogen-bond acceptors (Lipinski definition) is 3. The van der Waals surface area contributed by atoms with Crippen LogP contribution in [-0.4, -0.2) is 25.0 Å². The van der Waals surface area contributed by atoms with Crippen molar-refractivity contribution in [3.8, 4) is 5.75 Å². The molecule has 2 aromatic carbocycles. The molecule has 27 heavy (non-hydrogen) atoms. The van der Waals surface area contributed by atoms with E-state index in [9.17, 15) is 9.59 Å². The molecule has 0 aliphatic heterocycles. The molecule has 2 aromatic rings. The lowest BCUT2D eigenvalue weighted by molar-refractivity contribution is -0.129. The Labute approximate surface area is 165 Å². The first kappa shape index (κ1) is 20.8. The van der Waals surface area contributed by atoms with Crippen LogP contribution in [0.5, 0.6) is 5.75 Å². The summed E-state index contributed by atoms with van der Waals surface area (Å²) in [5.74, 6) is 0.329. The van der Waals surface area contributed by atoms with Crippen molar-refractivity contribution in [2.75, 3.05) is 7.11 Å². The van der Waals surface area contributed by atoms with E-state index < -0.39 is 6.04 Å². The molecule has 144 valence electrons. The average molecular weight is 389 g/mol. The predicted molar refractivity (Wildman–Crippen MR) is 107 cm³/mol. The number of amides is 2. The number of nitrogens with one attached hydrogen (secondary N) is 2. The number of halogens is 1. The van der Waals surface area contributed by atoms with Crippen LogP contribution in [0.1, 0.15) is 25.0 Å². The van der Waals surface area contributed by atoms with Gasteiger partial charge in [-0.15, -0.1) is 0 Å². The summed E-state index contributed by atoms with van der Waals surface area (Å²) >= 11 is 5.86. The monoisotopic (exact) mass is 388 g/mol. The topological polar surface area (TPSA) is 67.4 Å². The van der Waals surface area contributed by atoms with Crippen LogP contribution >= 0.6 is 11.6 Å². The van der Waals surface area contributed by atoms with Crippen molar-refractivity contribution in [1.29, 1.82) is 0 Å². The van der Waals surface area contributed by atoms with Gasteiger partial charge in [-0.3, -0.25) is 9.59 Å². The molecule has 1 atom stereocenters. The summed E-state index contributed by atoms with van der Waals surface area (Å²) in [7, 11) is 1.61. The Morgan fingerprint density at radius 3 is 2.15 bits per heavy atom. The van der Waals surface area contributed by atoms with Crippen molar-refractivity contribution in [1.82, 2.24) is 10.6 Å². The summed E-state index contributed by atoms with van der Waals surface area (Å²) in [5.41, 5.74) is 1.80. The van der Waals surface area contributed by atoms with E-state index in [0.29, 0.717) is 11.6 Å². The molecule has 0 saturated heterocycles. The van der Waals surface area contributed by atoms with E-state index in [1.165, 1.54) is 0 Å². The molecule has 2 amide bonds. The van der Waals surface area contributed by atoms with Crippen LogP contribution < -0.4 is 15.4 Å². The minimum absolute atomic E-state index is 0.0324. The number of methoxy groups -OCH3 is 1. The van der Waals surface area contributed by atoms with Gasteiger partial charge in [0.1, 0.15) is 11.8 Å². The van der Waals surface area contributed by atoms with Crippen LogP contribution in [0, 0.1) is 5.92 Å². The minimum atomic E-state index is -0.594. The van der Waals surface area contributed by atoms with Crippen LogP contribution in [0.4, 0.5) is 0 Å². The van der Waals surface area contributed by atoms with E-state index in [4.69, 9.17) is 16.3 Å². The van der Waals surface area contributed by atoms with E-state index in [1.807, 2.05) is 38.1 Å². The van der Waals surface area contributed by atoms with E-state index in [2.05, 4.69) is 10.6 Å². The Morgan fingerprint density at radius 2 is 1.59 bits per heavy atom. The molecule has 0 saturated carbocycles. The number of benzene rings is 2. The van der Waals surface area contributed by atoms with Gasteiger partial charge in [0.15, 0.2) is 0 Å². The normalized spacial score (nSPS) is 11.7. The van der Waals surface area contributed by atoms with Gasteiger partial charge in [0, 0.05) is 11.6 Å². The third kappa shape index (κ3) is 6.61. The fourth-order valence-electron chi connectivity index (χ4n) is 2.59. The second kappa shape index (κ2) is 9.97. The van der Waals surface area contributed by atoms with Crippen LogP contribution in [0.25, 0.3) is 0 Å². The smallest absolute Gasteiger partial charge is 0.243 e. The predicted octanol–water partition coefficient (Wildman–Crippen LogP) is 3.35. The largest absolute Gasteiger partial charge is 0.497 e. The molecule has 0 radical (unpaired) electrons. The summed E-state index contributed by atoms with van der Waals surface area (Å²) in [6.07, 6.45) is 0.201. The first-order chi connectivity index (χ1) is 12.9. The summed E-state index contributed by atoms with van der Waals surface area (Å²) < 4.78 is 5.12. The maximum atomic E-state index is 12.5. The molecule has 0 heterocycles. The highest BCUT2D eigenvalue weighted by atomic mass is 35.5. The second-order valence-electron chi connectivity index (χ2n) is 6.66. The number of hydrogen-bond donors (Lipinski definition) is 2. The fraction of sp³-hybridized carbons (Fsp3) is 0.333. The Kier molecular flexibility index (Phi) is 7.67. The van der Waals surface area contributed by atoms with Gasteiger partial charge in [-0.2, -0.15) is 0 Å². The molecular formula is C21H25ClN2O3. The molecule has 0 bridgehead atoms. The molecule has 2 rings (SSSR count). The highest BCUT2D eigenvalue weighted by Crippen LogP contribution is 2.12. The standard InChI is InChI=1S/C21H25ClN2O3/c1-14(2)20(24-19(25)12-15-4-8-17(22)9-5-15)21(26)23-13-16-6-10-18(27-3)11-7-16/h4-11,14,20H,12-13H2,1-3H3,(H,23,26)(H,24,25). The van der Waals surface area contributed by atoms with Gasteiger partial charge in [-0.25, -0.2) is 0 Å². The second-order valence-corrected chi connectivity index (χ2v) is 7.09. The summed E-state index contributed by atoms with van der Waals surface area (Å²) in [5, 5.41) is 6.33. The molecule has 0 spiro atoms. The van der Waals surface area contributed by atoms with Crippen LogP contribution in [0.3, 0.4) is 0 Å². The maximum absolute atomic E-state index is 12.5. The first-order valence-electron chi connectivity index (χ1n) is 8.83. The van der Waals surface area contributed by atoms with Crippen molar-refractivity contribution in [2.24, 2.45) is 5.92 Å². The minimum Gasteiger partial charge on any atom is -0.497 e. The van der Waals surface area contributed by atoms with Gasteiger partial charge in [-0.1, -0.05) is 49.7 Å². The highest BCUT2D eigenvalue weighted by Gasteiger charge is 2.23. The van der Waals surface area contributed by atoms with Crippen molar-refractivity contribution in [3.05, 3.63) is 64.7 Å². The lowest BCUT2D eigenvalue weighted by Crippen LogP contribution is -2.49.